The third-order valence-corrected chi connectivity index (χ3v) is 3.00. The molecule has 0 radical (unpaired) electrons. The molecule has 0 aliphatic heterocycles. The first kappa shape index (κ1) is 12.2. The lowest BCUT2D eigenvalue weighted by Crippen LogP contribution is -2.22. The summed E-state index contributed by atoms with van der Waals surface area (Å²) in [5, 5.41) is 2.82. The number of anilines is 1. The van der Waals surface area contributed by atoms with E-state index in [0.29, 0.717) is 5.82 Å². The van der Waals surface area contributed by atoms with Crippen LogP contribution in [0.25, 0.3) is 0 Å². The van der Waals surface area contributed by atoms with Crippen molar-refractivity contribution in [3.63, 3.8) is 0 Å². The summed E-state index contributed by atoms with van der Waals surface area (Å²) in [5.74, 6) is 0.702. The number of aromatic nitrogens is 1. The fourth-order valence-corrected chi connectivity index (χ4v) is 1.71. The Bertz CT molecular complexity index is 337. The van der Waals surface area contributed by atoms with Crippen molar-refractivity contribution in [2.45, 2.75) is 26.7 Å². The van der Waals surface area contributed by atoms with Crippen LogP contribution in [0.2, 0.25) is 0 Å². The van der Waals surface area contributed by atoms with E-state index in [9.17, 15) is 4.79 Å². The molecule has 0 saturated carbocycles. The van der Waals surface area contributed by atoms with Crippen molar-refractivity contribution >= 4 is 27.7 Å². The second-order valence-electron chi connectivity index (χ2n) is 3.34. The molecule has 0 aromatic carbocycles. The van der Waals surface area contributed by atoms with Crippen molar-refractivity contribution in [3.8, 4) is 0 Å². The van der Waals surface area contributed by atoms with E-state index in [1.165, 1.54) is 0 Å². The Balaban J connectivity index is 2.70. The maximum atomic E-state index is 11.8. The molecule has 0 aliphatic carbocycles. The van der Waals surface area contributed by atoms with E-state index in [1.807, 2.05) is 26.0 Å². The number of rotatable bonds is 4. The number of nitrogens with zero attached hydrogens (tertiary/aromatic N) is 1. The molecule has 1 heterocycles. The van der Waals surface area contributed by atoms with Crippen LogP contribution in [0.3, 0.4) is 0 Å². The molecule has 0 spiro atoms. The summed E-state index contributed by atoms with van der Waals surface area (Å²) in [6.45, 7) is 4.03. The third-order valence-electron chi connectivity index (χ3n) is 2.36. The lowest BCUT2D eigenvalue weighted by atomic mass is 10.0. The monoisotopic (exact) mass is 270 g/mol. The number of carbonyl (C=O) groups is 1. The highest BCUT2D eigenvalue weighted by Gasteiger charge is 2.15. The van der Waals surface area contributed by atoms with Gasteiger partial charge in [0.05, 0.1) is 4.47 Å². The highest BCUT2D eigenvalue weighted by Crippen LogP contribution is 2.20. The van der Waals surface area contributed by atoms with Crippen molar-refractivity contribution < 1.29 is 4.79 Å². The van der Waals surface area contributed by atoms with Gasteiger partial charge in [0.15, 0.2) is 0 Å². The highest BCUT2D eigenvalue weighted by atomic mass is 79.9. The lowest BCUT2D eigenvalue weighted by Gasteiger charge is -2.12. The van der Waals surface area contributed by atoms with Crippen LogP contribution in [0, 0.1) is 5.92 Å². The number of hydrogen-bond donors (Lipinski definition) is 1. The smallest absolute Gasteiger partial charge is 0.228 e. The Morgan fingerprint density at radius 1 is 1.53 bits per heavy atom. The van der Waals surface area contributed by atoms with Crippen LogP contribution in [-0.2, 0) is 4.79 Å². The Labute approximate surface area is 98.4 Å². The number of nitrogens with one attached hydrogen (secondary N) is 1. The normalized spacial score (nSPS) is 10.4. The maximum absolute atomic E-state index is 11.8. The number of hydrogen-bond acceptors (Lipinski definition) is 2. The summed E-state index contributed by atoms with van der Waals surface area (Å²) in [5.41, 5.74) is 0. The predicted octanol–water partition coefficient (Wildman–Crippen LogP) is 3.22. The standard InChI is InChI=1S/C11H15BrN2O/c1-3-8(4-2)11(15)14-10-9(12)6-5-7-13-10/h5-8H,3-4H2,1-2H3,(H,13,14,15). The average molecular weight is 271 g/mol. The minimum atomic E-state index is 0.0411. The van der Waals surface area contributed by atoms with Crippen LogP contribution in [0.5, 0.6) is 0 Å². The molecule has 1 rings (SSSR count). The van der Waals surface area contributed by atoms with Gasteiger partial charge in [-0.05, 0) is 40.9 Å². The van der Waals surface area contributed by atoms with Gasteiger partial charge in [0.2, 0.25) is 5.91 Å². The molecule has 1 aromatic heterocycles. The van der Waals surface area contributed by atoms with Gasteiger partial charge in [-0.25, -0.2) is 4.98 Å². The second kappa shape index (κ2) is 5.85. The van der Waals surface area contributed by atoms with Crippen molar-refractivity contribution in [2.75, 3.05) is 5.32 Å². The number of carbonyl (C=O) groups excluding carboxylic acids is 1. The average Bonchev–Trinajstić information content (AvgIpc) is 2.23. The van der Waals surface area contributed by atoms with Crippen LogP contribution < -0.4 is 5.32 Å². The molecule has 4 heteroatoms. The molecule has 0 atom stereocenters. The molecule has 1 aromatic rings. The SMILES string of the molecule is CCC(CC)C(=O)Nc1ncccc1Br. The first-order valence-corrected chi connectivity index (χ1v) is 5.89. The van der Waals surface area contributed by atoms with Gasteiger partial charge in [-0.2, -0.15) is 0 Å². The van der Waals surface area contributed by atoms with Crippen molar-refractivity contribution in [1.82, 2.24) is 4.98 Å². The van der Waals surface area contributed by atoms with E-state index in [1.54, 1.807) is 6.20 Å². The predicted molar refractivity (Wildman–Crippen MR) is 64.6 cm³/mol. The quantitative estimate of drug-likeness (QED) is 0.913. The molecule has 3 nitrogen and oxygen atoms in total. The van der Waals surface area contributed by atoms with Gasteiger partial charge in [0.1, 0.15) is 5.82 Å². The minimum absolute atomic E-state index is 0.0411. The molecule has 0 fully saturated rings. The third kappa shape index (κ3) is 3.30. The van der Waals surface area contributed by atoms with E-state index in [-0.39, 0.29) is 11.8 Å². The minimum Gasteiger partial charge on any atom is -0.310 e. The van der Waals surface area contributed by atoms with E-state index >= 15 is 0 Å². The lowest BCUT2D eigenvalue weighted by molar-refractivity contribution is -0.120. The number of pyridine rings is 1. The summed E-state index contributed by atoms with van der Waals surface area (Å²) in [6, 6.07) is 3.67. The molecular formula is C11H15BrN2O. The summed E-state index contributed by atoms with van der Waals surface area (Å²) in [4.78, 5) is 15.8. The Morgan fingerprint density at radius 2 is 2.20 bits per heavy atom. The molecule has 0 aliphatic rings. The largest absolute Gasteiger partial charge is 0.310 e. The van der Waals surface area contributed by atoms with Crippen molar-refractivity contribution in [3.05, 3.63) is 22.8 Å². The van der Waals surface area contributed by atoms with Crippen LogP contribution in [0.15, 0.2) is 22.8 Å². The molecule has 1 N–H and O–H groups in total. The zero-order valence-corrected chi connectivity index (χ0v) is 10.5. The van der Waals surface area contributed by atoms with Gasteiger partial charge in [-0.3, -0.25) is 4.79 Å². The second-order valence-corrected chi connectivity index (χ2v) is 4.19. The van der Waals surface area contributed by atoms with Gasteiger partial charge in [-0.1, -0.05) is 13.8 Å². The van der Waals surface area contributed by atoms with Crippen LogP contribution in [-0.4, -0.2) is 10.9 Å². The van der Waals surface area contributed by atoms with E-state index in [0.717, 1.165) is 17.3 Å². The van der Waals surface area contributed by atoms with E-state index in [2.05, 4.69) is 26.2 Å². The molecule has 1 amide bonds. The van der Waals surface area contributed by atoms with Gasteiger partial charge >= 0.3 is 0 Å². The summed E-state index contributed by atoms with van der Waals surface area (Å²) in [7, 11) is 0. The molecule has 15 heavy (non-hydrogen) atoms. The first-order chi connectivity index (χ1) is 7.19. The maximum Gasteiger partial charge on any atom is 0.228 e. The van der Waals surface area contributed by atoms with E-state index in [4.69, 9.17) is 0 Å². The Kier molecular flexibility index (Phi) is 4.75. The first-order valence-electron chi connectivity index (χ1n) is 5.10. The summed E-state index contributed by atoms with van der Waals surface area (Å²) < 4.78 is 0.810. The molecule has 0 unspecified atom stereocenters. The molecule has 0 saturated heterocycles. The zero-order valence-electron chi connectivity index (χ0n) is 8.96. The molecule has 82 valence electrons. The summed E-state index contributed by atoms with van der Waals surface area (Å²) >= 11 is 3.34. The molecule has 0 bridgehead atoms. The van der Waals surface area contributed by atoms with Crippen molar-refractivity contribution in [1.29, 1.82) is 0 Å². The van der Waals surface area contributed by atoms with Gasteiger partial charge < -0.3 is 5.32 Å². The Hall–Kier alpha value is -0.900. The summed E-state index contributed by atoms with van der Waals surface area (Å²) in [6.07, 6.45) is 3.37. The fraction of sp³-hybridized carbons (Fsp3) is 0.455. The van der Waals surface area contributed by atoms with Crippen LogP contribution in [0.1, 0.15) is 26.7 Å². The van der Waals surface area contributed by atoms with Gasteiger partial charge in [0, 0.05) is 12.1 Å². The van der Waals surface area contributed by atoms with E-state index < -0.39 is 0 Å². The van der Waals surface area contributed by atoms with Crippen LogP contribution in [0.4, 0.5) is 5.82 Å². The number of amides is 1. The number of halogens is 1. The zero-order chi connectivity index (χ0) is 11.3. The van der Waals surface area contributed by atoms with Crippen molar-refractivity contribution in [2.24, 2.45) is 5.92 Å². The fourth-order valence-electron chi connectivity index (χ4n) is 1.36. The van der Waals surface area contributed by atoms with Crippen LogP contribution >= 0.6 is 15.9 Å². The molecular weight excluding hydrogens is 256 g/mol. The Morgan fingerprint density at radius 3 is 2.73 bits per heavy atom. The highest BCUT2D eigenvalue weighted by molar-refractivity contribution is 9.10. The van der Waals surface area contributed by atoms with Gasteiger partial charge in [0.25, 0.3) is 0 Å². The van der Waals surface area contributed by atoms with Gasteiger partial charge in [-0.15, -0.1) is 0 Å². The topological polar surface area (TPSA) is 42.0 Å².